The van der Waals surface area contributed by atoms with E-state index in [1.54, 1.807) is 40.7 Å². The molecule has 1 saturated heterocycles. The van der Waals surface area contributed by atoms with E-state index in [1.165, 1.54) is 38.4 Å². The second-order valence-electron chi connectivity index (χ2n) is 9.28. The van der Waals surface area contributed by atoms with Gasteiger partial charge in [-0.25, -0.2) is 14.2 Å². The summed E-state index contributed by atoms with van der Waals surface area (Å²) in [7, 11) is 1.72. The summed E-state index contributed by atoms with van der Waals surface area (Å²) >= 11 is 0. The van der Waals surface area contributed by atoms with E-state index in [0.717, 1.165) is 18.5 Å². The van der Waals surface area contributed by atoms with Gasteiger partial charge in [0, 0.05) is 37.5 Å². The van der Waals surface area contributed by atoms with Crippen molar-refractivity contribution in [3.8, 4) is 22.8 Å². The molecule has 0 N–H and O–H groups in total. The Balaban J connectivity index is 1.30. The second kappa shape index (κ2) is 8.96. The lowest BCUT2D eigenvalue weighted by Gasteiger charge is -2.26. The van der Waals surface area contributed by atoms with E-state index in [0.29, 0.717) is 52.3 Å². The Hall–Kier alpha value is -3.46. The van der Waals surface area contributed by atoms with E-state index >= 15 is 4.39 Å². The molecule has 0 spiro atoms. The number of rotatable bonds is 6. The molecular weight excluding hydrogens is 449 g/mol. The number of hydrogen-bond donors (Lipinski definition) is 0. The van der Waals surface area contributed by atoms with E-state index in [1.807, 2.05) is 0 Å². The summed E-state index contributed by atoms with van der Waals surface area (Å²) in [5, 5.41) is 0.645. The number of benzene rings is 1. The Bertz CT molecular complexity index is 1450. The third kappa shape index (κ3) is 3.83. The number of nitrogens with zero attached hydrogens (tertiary/aromatic N) is 5. The van der Waals surface area contributed by atoms with Gasteiger partial charge in [-0.15, -0.1) is 0 Å². The largest absolute Gasteiger partial charge is 0.490 e. The fourth-order valence-corrected chi connectivity index (χ4v) is 5.28. The van der Waals surface area contributed by atoms with Crippen molar-refractivity contribution in [2.24, 2.45) is 7.05 Å². The first kappa shape index (κ1) is 22.0. The second-order valence-corrected chi connectivity index (χ2v) is 9.28. The molecule has 0 bridgehead atoms. The minimum atomic E-state index is -0.442. The molecule has 0 atom stereocenters. The minimum Gasteiger partial charge on any atom is -0.490 e. The summed E-state index contributed by atoms with van der Waals surface area (Å²) in [5.74, 6) is 0.469. The van der Waals surface area contributed by atoms with Crippen LogP contribution < -0.4 is 15.2 Å². The van der Waals surface area contributed by atoms with Crippen molar-refractivity contribution >= 4 is 21.9 Å². The Labute approximate surface area is 201 Å². The number of aromatic nitrogens is 4. The first-order chi connectivity index (χ1) is 17.1. The van der Waals surface area contributed by atoms with Gasteiger partial charge < -0.3 is 14.4 Å². The molecule has 1 fully saturated rings. The molecule has 2 aliphatic rings. The van der Waals surface area contributed by atoms with Crippen LogP contribution in [0.15, 0.2) is 35.4 Å². The maximum absolute atomic E-state index is 15.4. The summed E-state index contributed by atoms with van der Waals surface area (Å²) in [6, 6.07) is 4.96. The average Bonchev–Trinajstić information content (AvgIpc) is 3.01. The van der Waals surface area contributed by atoms with Crippen molar-refractivity contribution in [1.29, 1.82) is 0 Å². The molecule has 182 valence electrons. The molecular formula is C26H28FN5O3. The molecule has 1 aromatic carbocycles. The first-order valence-corrected chi connectivity index (χ1v) is 12.3. The molecule has 0 radical (unpaired) electrons. The van der Waals surface area contributed by atoms with E-state index in [9.17, 15) is 4.79 Å². The van der Waals surface area contributed by atoms with Crippen molar-refractivity contribution in [3.05, 3.63) is 46.9 Å². The quantitative estimate of drug-likeness (QED) is 0.394. The molecule has 8 nitrogen and oxygen atoms in total. The number of pyridine rings is 2. The SMILES string of the molecule is Cn1c(=O)n2c3c4c(c(-c5ccc(OCCCN6CCCCC6)nc5)c(F)cc4ncc31)OCC2. The molecule has 3 aromatic heterocycles. The van der Waals surface area contributed by atoms with E-state index in [4.69, 9.17) is 9.47 Å². The molecule has 35 heavy (non-hydrogen) atoms. The average molecular weight is 478 g/mol. The zero-order valence-corrected chi connectivity index (χ0v) is 19.8. The highest BCUT2D eigenvalue weighted by molar-refractivity contribution is 6.09. The van der Waals surface area contributed by atoms with Gasteiger partial charge in [0.15, 0.2) is 0 Å². The van der Waals surface area contributed by atoms with Crippen LogP contribution in [-0.4, -0.2) is 56.9 Å². The fourth-order valence-electron chi connectivity index (χ4n) is 5.28. The normalized spacial score (nSPS) is 16.1. The third-order valence-electron chi connectivity index (χ3n) is 7.07. The van der Waals surface area contributed by atoms with Crippen LogP contribution in [0.5, 0.6) is 11.6 Å². The molecule has 2 aliphatic heterocycles. The first-order valence-electron chi connectivity index (χ1n) is 12.3. The summed E-state index contributed by atoms with van der Waals surface area (Å²) in [5.41, 5.74) is 2.64. The van der Waals surface area contributed by atoms with Gasteiger partial charge in [0.25, 0.3) is 0 Å². The lowest BCUT2D eigenvalue weighted by Crippen LogP contribution is -2.31. The highest BCUT2D eigenvalue weighted by Gasteiger charge is 2.25. The number of imidazole rings is 1. The van der Waals surface area contributed by atoms with Crippen LogP contribution in [0.1, 0.15) is 25.7 Å². The Kier molecular flexibility index (Phi) is 5.64. The van der Waals surface area contributed by atoms with Gasteiger partial charge in [0.05, 0.1) is 46.8 Å². The molecule has 0 amide bonds. The van der Waals surface area contributed by atoms with Gasteiger partial charge in [0.2, 0.25) is 5.88 Å². The van der Waals surface area contributed by atoms with Crippen molar-refractivity contribution in [2.45, 2.75) is 32.2 Å². The van der Waals surface area contributed by atoms with Gasteiger partial charge in [-0.3, -0.25) is 14.1 Å². The lowest BCUT2D eigenvalue weighted by atomic mass is 10.0. The summed E-state index contributed by atoms with van der Waals surface area (Å²) < 4.78 is 30.5. The molecule has 9 heteroatoms. The van der Waals surface area contributed by atoms with Crippen LogP contribution in [0.25, 0.3) is 33.1 Å². The minimum absolute atomic E-state index is 0.139. The lowest BCUT2D eigenvalue weighted by molar-refractivity contribution is 0.203. The molecule has 4 aromatic rings. The topological polar surface area (TPSA) is 74.4 Å². The summed E-state index contributed by atoms with van der Waals surface area (Å²) in [6.45, 7) is 4.62. The Morgan fingerprint density at radius 1 is 1.11 bits per heavy atom. The molecule has 5 heterocycles. The fraction of sp³-hybridized carbons (Fsp3) is 0.423. The van der Waals surface area contributed by atoms with Crippen LogP contribution in [0, 0.1) is 5.82 Å². The third-order valence-corrected chi connectivity index (χ3v) is 7.07. The zero-order chi connectivity index (χ0) is 23.9. The van der Waals surface area contributed by atoms with Crippen LogP contribution in [0.2, 0.25) is 0 Å². The van der Waals surface area contributed by atoms with Crippen molar-refractivity contribution < 1.29 is 13.9 Å². The van der Waals surface area contributed by atoms with Crippen LogP contribution in [0.4, 0.5) is 4.39 Å². The Morgan fingerprint density at radius 2 is 1.97 bits per heavy atom. The van der Waals surface area contributed by atoms with Gasteiger partial charge in [0.1, 0.15) is 18.2 Å². The zero-order valence-electron chi connectivity index (χ0n) is 19.8. The standard InChI is InChI=1S/C26H28FN5O3/c1-30-20-16-28-19-14-18(27)22(25-23(19)24(20)32(26(30)33)11-13-35-25)17-6-7-21(29-15-17)34-12-5-10-31-8-3-2-4-9-31/h6-7,14-16H,2-5,8-13H2,1H3. The predicted molar refractivity (Wildman–Crippen MR) is 132 cm³/mol. The van der Waals surface area contributed by atoms with Crippen LogP contribution in [0.3, 0.4) is 0 Å². The van der Waals surface area contributed by atoms with Gasteiger partial charge >= 0.3 is 5.69 Å². The van der Waals surface area contributed by atoms with Gasteiger partial charge in [-0.1, -0.05) is 6.42 Å². The Morgan fingerprint density at radius 3 is 2.77 bits per heavy atom. The number of halogens is 1. The smallest absolute Gasteiger partial charge is 0.329 e. The van der Waals surface area contributed by atoms with Crippen molar-refractivity contribution in [2.75, 3.05) is 32.8 Å². The number of hydrogen-bond acceptors (Lipinski definition) is 6. The molecule has 0 saturated carbocycles. The summed E-state index contributed by atoms with van der Waals surface area (Å²) in [4.78, 5) is 24.1. The van der Waals surface area contributed by atoms with Crippen molar-refractivity contribution in [1.82, 2.24) is 24.0 Å². The number of ether oxygens (including phenoxy) is 2. The maximum Gasteiger partial charge on any atom is 0.329 e. The van der Waals surface area contributed by atoms with Gasteiger partial charge in [-0.05, 0) is 38.4 Å². The highest BCUT2D eigenvalue weighted by Crippen LogP contribution is 2.42. The van der Waals surface area contributed by atoms with E-state index < -0.39 is 5.82 Å². The number of likely N-dealkylation sites (tertiary alicyclic amines) is 1. The molecule has 0 aliphatic carbocycles. The molecule has 0 unspecified atom stereocenters. The summed E-state index contributed by atoms with van der Waals surface area (Å²) in [6.07, 6.45) is 8.07. The van der Waals surface area contributed by atoms with Crippen LogP contribution in [-0.2, 0) is 13.6 Å². The molecule has 6 rings (SSSR count). The predicted octanol–water partition coefficient (Wildman–Crippen LogP) is 3.74. The van der Waals surface area contributed by atoms with E-state index in [-0.39, 0.29) is 12.3 Å². The highest BCUT2D eigenvalue weighted by atomic mass is 19.1. The monoisotopic (exact) mass is 477 g/mol. The maximum atomic E-state index is 15.4. The number of piperidine rings is 1. The van der Waals surface area contributed by atoms with Crippen LogP contribution >= 0.6 is 0 Å². The number of aryl methyl sites for hydroxylation is 1. The van der Waals surface area contributed by atoms with Gasteiger partial charge in [-0.2, -0.15) is 0 Å². The van der Waals surface area contributed by atoms with Crippen molar-refractivity contribution in [3.63, 3.8) is 0 Å². The van der Waals surface area contributed by atoms with E-state index in [2.05, 4.69) is 14.9 Å².